The number of rotatable bonds is 1. The topological polar surface area (TPSA) is 83.7 Å². The number of piperazine rings is 1. The van der Waals surface area contributed by atoms with E-state index in [2.05, 4.69) is 17.2 Å². The molecule has 2 aromatic rings. The van der Waals surface area contributed by atoms with E-state index in [1.165, 1.54) is 0 Å². The summed E-state index contributed by atoms with van der Waals surface area (Å²) < 4.78 is 10.9. The number of nitrogens with zero attached hydrogens (tertiary/aromatic N) is 1. The van der Waals surface area contributed by atoms with E-state index in [9.17, 15) is 9.59 Å². The SMILES string of the molecule is Cc1[nH]c2c(c1C)C[C@@H]1C(=O)NCC(=O)N1[C@@H]2c1ccc2c(c1)OCO2. The number of aryl methyl sites for hydroxylation is 1. The lowest BCUT2D eigenvalue weighted by Gasteiger charge is -2.44. The Hall–Kier alpha value is -2.96. The average molecular weight is 353 g/mol. The number of nitrogens with one attached hydrogen (secondary N) is 2. The maximum Gasteiger partial charge on any atom is 0.243 e. The van der Waals surface area contributed by atoms with Gasteiger partial charge in [-0.3, -0.25) is 9.59 Å². The van der Waals surface area contributed by atoms with Gasteiger partial charge in [-0.25, -0.2) is 0 Å². The van der Waals surface area contributed by atoms with Crippen LogP contribution in [0.25, 0.3) is 0 Å². The first-order valence-electron chi connectivity index (χ1n) is 8.71. The molecule has 3 aliphatic rings. The molecule has 7 heteroatoms. The zero-order chi connectivity index (χ0) is 18.0. The second-order valence-electron chi connectivity index (χ2n) is 7.02. The van der Waals surface area contributed by atoms with E-state index in [1.807, 2.05) is 25.1 Å². The number of benzene rings is 1. The third-order valence-corrected chi connectivity index (χ3v) is 5.66. The normalized spacial score (nSPS) is 23.5. The summed E-state index contributed by atoms with van der Waals surface area (Å²) in [4.78, 5) is 30.4. The van der Waals surface area contributed by atoms with Crippen molar-refractivity contribution < 1.29 is 19.1 Å². The lowest BCUT2D eigenvalue weighted by atomic mass is 9.86. The quantitative estimate of drug-likeness (QED) is 0.810. The number of H-pyrrole nitrogens is 1. The zero-order valence-electron chi connectivity index (χ0n) is 14.6. The molecular weight excluding hydrogens is 334 g/mol. The van der Waals surface area contributed by atoms with E-state index in [-0.39, 0.29) is 31.2 Å². The highest BCUT2D eigenvalue weighted by atomic mass is 16.7. The molecule has 0 bridgehead atoms. The number of ether oxygens (including phenoxy) is 2. The number of hydrogen-bond acceptors (Lipinski definition) is 4. The van der Waals surface area contributed by atoms with Crippen LogP contribution in [0.2, 0.25) is 0 Å². The summed E-state index contributed by atoms with van der Waals surface area (Å²) in [6.07, 6.45) is 0.532. The van der Waals surface area contributed by atoms with Gasteiger partial charge < -0.3 is 24.7 Å². The minimum atomic E-state index is -0.493. The Labute approximate surface area is 150 Å². The van der Waals surface area contributed by atoms with Crippen molar-refractivity contribution in [2.45, 2.75) is 32.4 Å². The van der Waals surface area contributed by atoms with Crippen molar-refractivity contribution in [3.05, 3.63) is 46.3 Å². The number of amides is 2. The molecule has 2 atom stereocenters. The predicted octanol–water partition coefficient (Wildman–Crippen LogP) is 1.33. The Morgan fingerprint density at radius 1 is 1.15 bits per heavy atom. The maximum absolute atomic E-state index is 12.7. The summed E-state index contributed by atoms with van der Waals surface area (Å²) in [6, 6.07) is 4.87. The van der Waals surface area contributed by atoms with Gasteiger partial charge in [-0.1, -0.05) is 6.07 Å². The minimum absolute atomic E-state index is 0.0321. The second-order valence-corrected chi connectivity index (χ2v) is 7.02. The van der Waals surface area contributed by atoms with Crippen molar-refractivity contribution in [1.29, 1.82) is 0 Å². The fraction of sp³-hybridized carbons (Fsp3) is 0.368. The molecule has 2 amide bonds. The predicted molar refractivity (Wildman–Crippen MR) is 92.0 cm³/mol. The second kappa shape index (κ2) is 5.27. The van der Waals surface area contributed by atoms with Gasteiger partial charge in [0.2, 0.25) is 18.6 Å². The zero-order valence-corrected chi connectivity index (χ0v) is 14.6. The molecule has 7 nitrogen and oxygen atoms in total. The number of carbonyl (C=O) groups is 2. The number of hydrogen-bond donors (Lipinski definition) is 2. The molecule has 0 radical (unpaired) electrons. The minimum Gasteiger partial charge on any atom is -0.454 e. The monoisotopic (exact) mass is 353 g/mol. The molecule has 0 aliphatic carbocycles. The highest BCUT2D eigenvalue weighted by Crippen LogP contribution is 2.43. The van der Waals surface area contributed by atoms with Crippen LogP contribution < -0.4 is 14.8 Å². The molecule has 1 saturated heterocycles. The Kier molecular flexibility index (Phi) is 3.10. The van der Waals surface area contributed by atoms with Crippen molar-refractivity contribution in [1.82, 2.24) is 15.2 Å². The lowest BCUT2D eigenvalue weighted by molar-refractivity contribution is -0.148. The summed E-state index contributed by atoms with van der Waals surface area (Å²) in [5, 5.41) is 2.72. The summed E-state index contributed by atoms with van der Waals surface area (Å²) in [5.74, 6) is 1.19. The van der Waals surface area contributed by atoms with Crippen LogP contribution in [-0.2, 0) is 16.0 Å². The van der Waals surface area contributed by atoms with Crippen LogP contribution >= 0.6 is 0 Å². The molecule has 3 aliphatic heterocycles. The van der Waals surface area contributed by atoms with Crippen LogP contribution in [0.5, 0.6) is 11.5 Å². The van der Waals surface area contributed by atoms with Crippen LogP contribution in [0.15, 0.2) is 18.2 Å². The average Bonchev–Trinajstić information content (AvgIpc) is 3.21. The highest BCUT2D eigenvalue weighted by molar-refractivity contribution is 5.96. The molecule has 1 aromatic heterocycles. The van der Waals surface area contributed by atoms with Gasteiger partial charge >= 0.3 is 0 Å². The summed E-state index contributed by atoms with van der Waals surface area (Å²) in [6.45, 7) is 4.30. The molecule has 2 N–H and O–H groups in total. The van der Waals surface area contributed by atoms with E-state index in [0.717, 1.165) is 28.1 Å². The molecule has 26 heavy (non-hydrogen) atoms. The number of carbonyl (C=O) groups excluding carboxylic acids is 2. The van der Waals surface area contributed by atoms with Crippen LogP contribution in [-0.4, -0.2) is 41.1 Å². The van der Waals surface area contributed by atoms with Crippen molar-refractivity contribution in [2.75, 3.05) is 13.3 Å². The number of aromatic amines is 1. The molecule has 4 heterocycles. The molecule has 0 spiro atoms. The van der Waals surface area contributed by atoms with Gasteiger partial charge in [0, 0.05) is 17.8 Å². The number of fused-ring (bicyclic) bond motifs is 3. The molecule has 1 aromatic carbocycles. The van der Waals surface area contributed by atoms with Gasteiger partial charge in [0.15, 0.2) is 11.5 Å². The van der Waals surface area contributed by atoms with Crippen molar-refractivity contribution in [2.24, 2.45) is 0 Å². The fourth-order valence-corrected chi connectivity index (χ4v) is 4.23. The first-order chi connectivity index (χ1) is 12.5. The Morgan fingerprint density at radius 2 is 1.96 bits per heavy atom. The largest absolute Gasteiger partial charge is 0.454 e. The fourth-order valence-electron chi connectivity index (χ4n) is 4.23. The van der Waals surface area contributed by atoms with E-state index in [4.69, 9.17) is 9.47 Å². The molecule has 0 saturated carbocycles. The standard InChI is InChI=1S/C19H19N3O4/c1-9-10(2)21-17-12(9)6-13-19(24)20-7-16(23)22(13)18(17)11-3-4-14-15(5-11)26-8-25-14/h3-5,13,18,21H,6-8H2,1-2H3,(H,20,24)/t13-,18-/m1/s1. The van der Waals surface area contributed by atoms with Crippen molar-refractivity contribution in [3.63, 3.8) is 0 Å². The van der Waals surface area contributed by atoms with E-state index < -0.39 is 6.04 Å². The van der Waals surface area contributed by atoms with Gasteiger partial charge in [0.1, 0.15) is 6.04 Å². The van der Waals surface area contributed by atoms with E-state index >= 15 is 0 Å². The van der Waals surface area contributed by atoms with E-state index in [1.54, 1.807) is 4.90 Å². The third-order valence-electron chi connectivity index (χ3n) is 5.66. The Balaban J connectivity index is 1.71. The van der Waals surface area contributed by atoms with Crippen molar-refractivity contribution in [3.8, 4) is 11.5 Å². The third kappa shape index (κ3) is 2.00. The Morgan fingerprint density at radius 3 is 2.81 bits per heavy atom. The highest BCUT2D eigenvalue weighted by Gasteiger charge is 2.46. The summed E-state index contributed by atoms with van der Waals surface area (Å²) in [7, 11) is 0. The van der Waals surface area contributed by atoms with Crippen LogP contribution in [0, 0.1) is 13.8 Å². The molecule has 0 unspecified atom stereocenters. The summed E-state index contributed by atoms with van der Waals surface area (Å²) >= 11 is 0. The van der Waals surface area contributed by atoms with Gasteiger partial charge in [-0.05, 0) is 42.7 Å². The maximum atomic E-state index is 12.7. The van der Waals surface area contributed by atoms with Gasteiger partial charge in [-0.15, -0.1) is 0 Å². The van der Waals surface area contributed by atoms with Crippen LogP contribution in [0.4, 0.5) is 0 Å². The van der Waals surface area contributed by atoms with Gasteiger partial charge in [-0.2, -0.15) is 0 Å². The summed E-state index contributed by atoms with van der Waals surface area (Å²) in [5.41, 5.74) is 5.23. The molecular formula is C19H19N3O4. The molecule has 134 valence electrons. The van der Waals surface area contributed by atoms with E-state index in [0.29, 0.717) is 17.9 Å². The molecule has 1 fully saturated rings. The smallest absolute Gasteiger partial charge is 0.243 e. The van der Waals surface area contributed by atoms with Gasteiger partial charge in [0.05, 0.1) is 12.6 Å². The molecule has 5 rings (SSSR count). The first-order valence-corrected chi connectivity index (χ1v) is 8.71. The first kappa shape index (κ1) is 15.3. The van der Waals surface area contributed by atoms with Crippen LogP contribution in [0.3, 0.4) is 0 Å². The lowest BCUT2D eigenvalue weighted by Crippen LogP contribution is -2.61. The van der Waals surface area contributed by atoms with Crippen LogP contribution in [0.1, 0.15) is 34.1 Å². The number of aromatic nitrogens is 1. The van der Waals surface area contributed by atoms with Crippen molar-refractivity contribution >= 4 is 11.8 Å². The Bertz CT molecular complexity index is 949. The van der Waals surface area contributed by atoms with Gasteiger partial charge in [0.25, 0.3) is 0 Å².